The van der Waals surface area contributed by atoms with Gasteiger partial charge in [-0.15, -0.1) is 0 Å². The lowest BCUT2D eigenvalue weighted by molar-refractivity contribution is -0.118. The van der Waals surface area contributed by atoms with Crippen molar-refractivity contribution in [3.05, 3.63) is 35.4 Å². The van der Waals surface area contributed by atoms with Crippen LogP contribution in [0.3, 0.4) is 0 Å². The predicted octanol–water partition coefficient (Wildman–Crippen LogP) is -0.432. The standard InChI is InChI=1S/C11H15N3O3S2/c1-14(6-10(12)15)19(16,17)7-8-2-4-9(5-3-8)11(13)18/h2-5H,6-7H2,1H3,(H2,12,15)(H2,13,18). The molecule has 0 aliphatic heterocycles. The molecule has 0 bridgehead atoms. The van der Waals surface area contributed by atoms with Crippen molar-refractivity contribution in [1.29, 1.82) is 0 Å². The largest absolute Gasteiger partial charge is 0.389 e. The van der Waals surface area contributed by atoms with Crippen molar-refractivity contribution in [2.75, 3.05) is 13.6 Å². The molecule has 4 N–H and O–H groups in total. The number of nitrogens with two attached hydrogens (primary N) is 2. The van der Waals surface area contributed by atoms with E-state index in [-0.39, 0.29) is 17.3 Å². The summed E-state index contributed by atoms with van der Waals surface area (Å²) in [6, 6.07) is 6.57. The van der Waals surface area contributed by atoms with Crippen LogP contribution in [0, 0.1) is 0 Å². The van der Waals surface area contributed by atoms with E-state index in [1.807, 2.05) is 0 Å². The molecule has 0 fully saturated rings. The first-order valence-electron chi connectivity index (χ1n) is 5.33. The summed E-state index contributed by atoms with van der Waals surface area (Å²) in [5.41, 5.74) is 11.7. The third-order valence-corrected chi connectivity index (χ3v) is 4.45. The second-order valence-electron chi connectivity index (χ2n) is 4.04. The van der Waals surface area contributed by atoms with Gasteiger partial charge in [-0.3, -0.25) is 4.79 Å². The highest BCUT2D eigenvalue weighted by Crippen LogP contribution is 2.11. The Morgan fingerprint density at radius 2 is 1.79 bits per heavy atom. The lowest BCUT2D eigenvalue weighted by Crippen LogP contribution is -2.36. The van der Waals surface area contributed by atoms with Crippen molar-refractivity contribution in [3.8, 4) is 0 Å². The molecule has 0 saturated heterocycles. The van der Waals surface area contributed by atoms with Gasteiger partial charge in [-0.25, -0.2) is 8.42 Å². The molecule has 0 spiro atoms. The minimum atomic E-state index is -3.57. The van der Waals surface area contributed by atoms with E-state index < -0.39 is 15.9 Å². The lowest BCUT2D eigenvalue weighted by Gasteiger charge is -2.15. The van der Waals surface area contributed by atoms with Gasteiger partial charge in [0.05, 0.1) is 12.3 Å². The molecule has 19 heavy (non-hydrogen) atoms. The first kappa shape index (κ1) is 15.5. The number of sulfonamides is 1. The summed E-state index contributed by atoms with van der Waals surface area (Å²) in [7, 11) is -2.26. The van der Waals surface area contributed by atoms with Crippen LogP contribution in [0.2, 0.25) is 0 Å². The van der Waals surface area contributed by atoms with Crippen LogP contribution in [0.1, 0.15) is 11.1 Å². The zero-order valence-corrected chi connectivity index (χ0v) is 12.0. The third-order valence-electron chi connectivity index (χ3n) is 2.44. The maximum absolute atomic E-state index is 11.9. The van der Waals surface area contributed by atoms with Gasteiger partial charge in [-0.2, -0.15) is 4.31 Å². The second kappa shape index (κ2) is 6.09. The number of rotatable bonds is 6. The quantitative estimate of drug-likeness (QED) is 0.693. The molecule has 0 aliphatic carbocycles. The number of thiocarbonyl (C=S) groups is 1. The normalized spacial score (nSPS) is 11.5. The molecule has 1 aromatic carbocycles. The van der Waals surface area contributed by atoms with Crippen molar-refractivity contribution in [2.24, 2.45) is 11.5 Å². The molecule has 0 atom stereocenters. The Hall–Kier alpha value is -1.51. The predicted molar refractivity (Wildman–Crippen MR) is 76.8 cm³/mol. The third kappa shape index (κ3) is 4.58. The van der Waals surface area contributed by atoms with Gasteiger partial charge in [0, 0.05) is 12.6 Å². The number of nitrogens with zero attached hydrogens (tertiary/aromatic N) is 1. The van der Waals surface area contributed by atoms with Crippen LogP contribution >= 0.6 is 12.2 Å². The van der Waals surface area contributed by atoms with Gasteiger partial charge in [0.2, 0.25) is 15.9 Å². The molecule has 1 rings (SSSR count). The zero-order valence-electron chi connectivity index (χ0n) is 10.4. The summed E-state index contributed by atoms with van der Waals surface area (Å²) in [6.07, 6.45) is 0. The minimum absolute atomic E-state index is 0.214. The Kier molecular flexibility index (Phi) is 4.98. The van der Waals surface area contributed by atoms with E-state index in [1.165, 1.54) is 7.05 Å². The van der Waals surface area contributed by atoms with Crippen LogP contribution in [-0.2, 0) is 20.6 Å². The van der Waals surface area contributed by atoms with Crippen molar-refractivity contribution in [3.63, 3.8) is 0 Å². The molecule has 104 valence electrons. The fourth-order valence-corrected chi connectivity index (χ4v) is 2.70. The highest BCUT2D eigenvalue weighted by Gasteiger charge is 2.19. The van der Waals surface area contributed by atoms with Crippen LogP contribution in [0.4, 0.5) is 0 Å². The van der Waals surface area contributed by atoms with E-state index in [0.29, 0.717) is 11.1 Å². The lowest BCUT2D eigenvalue weighted by atomic mass is 10.1. The van der Waals surface area contributed by atoms with Gasteiger partial charge in [0.1, 0.15) is 4.99 Å². The molecule has 0 saturated carbocycles. The minimum Gasteiger partial charge on any atom is -0.389 e. The fraction of sp³-hybridized carbons (Fsp3) is 0.273. The summed E-state index contributed by atoms with van der Waals surface area (Å²) in [5, 5.41) is 0. The summed E-state index contributed by atoms with van der Waals surface area (Å²) < 4.78 is 24.8. The van der Waals surface area contributed by atoms with E-state index in [2.05, 4.69) is 0 Å². The molecule has 0 unspecified atom stereocenters. The summed E-state index contributed by atoms with van der Waals surface area (Å²) in [6.45, 7) is -0.340. The Bertz CT molecular complexity index is 582. The van der Waals surface area contributed by atoms with Crippen LogP contribution in [0.15, 0.2) is 24.3 Å². The second-order valence-corrected chi connectivity index (χ2v) is 6.56. The van der Waals surface area contributed by atoms with Crippen molar-refractivity contribution >= 4 is 33.1 Å². The maximum atomic E-state index is 11.9. The van der Waals surface area contributed by atoms with Crippen molar-refractivity contribution < 1.29 is 13.2 Å². The van der Waals surface area contributed by atoms with Crippen LogP contribution in [0.5, 0.6) is 0 Å². The molecule has 1 aromatic rings. The van der Waals surface area contributed by atoms with E-state index in [4.69, 9.17) is 23.7 Å². The Morgan fingerprint density at radius 1 is 1.26 bits per heavy atom. The van der Waals surface area contributed by atoms with E-state index in [0.717, 1.165) is 4.31 Å². The summed E-state index contributed by atoms with van der Waals surface area (Å²) >= 11 is 4.80. The molecule has 0 radical (unpaired) electrons. The molecule has 8 heteroatoms. The zero-order chi connectivity index (χ0) is 14.6. The topological polar surface area (TPSA) is 106 Å². The SMILES string of the molecule is CN(CC(N)=O)S(=O)(=O)Cc1ccc(C(N)=S)cc1. The average Bonchev–Trinajstić information content (AvgIpc) is 2.28. The number of carbonyl (C=O) groups excluding carboxylic acids is 1. The van der Waals surface area contributed by atoms with E-state index >= 15 is 0 Å². The van der Waals surface area contributed by atoms with Gasteiger partial charge in [-0.05, 0) is 5.56 Å². The maximum Gasteiger partial charge on any atom is 0.232 e. The highest BCUT2D eigenvalue weighted by molar-refractivity contribution is 7.88. The van der Waals surface area contributed by atoms with Gasteiger partial charge >= 0.3 is 0 Å². The van der Waals surface area contributed by atoms with E-state index in [1.54, 1.807) is 24.3 Å². The average molecular weight is 301 g/mol. The van der Waals surface area contributed by atoms with Crippen LogP contribution in [-0.4, -0.2) is 37.2 Å². The molecular formula is C11H15N3O3S2. The first-order chi connectivity index (χ1) is 8.72. The molecular weight excluding hydrogens is 286 g/mol. The number of hydrogen-bond acceptors (Lipinski definition) is 4. The van der Waals surface area contributed by atoms with Gasteiger partial charge in [-0.1, -0.05) is 36.5 Å². The number of amides is 1. The van der Waals surface area contributed by atoms with Gasteiger partial charge in [0.15, 0.2) is 0 Å². The molecule has 0 aromatic heterocycles. The number of hydrogen-bond donors (Lipinski definition) is 2. The Morgan fingerprint density at radius 3 is 2.21 bits per heavy atom. The highest BCUT2D eigenvalue weighted by atomic mass is 32.2. The van der Waals surface area contributed by atoms with Crippen molar-refractivity contribution in [1.82, 2.24) is 4.31 Å². The number of carbonyl (C=O) groups is 1. The molecule has 0 aliphatic rings. The first-order valence-corrected chi connectivity index (χ1v) is 7.35. The monoisotopic (exact) mass is 301 g/mol. The van der Waals surface area contributed by atoms with Crippen molar-refractivity contribution in [2.45, 2.75) is 5.75 Å². The van der Waals surface area contributed by atoms with Gasteiger partial charge in [0.25, 0.3) is 0 Å². The fourth-order valence-electron chi connectivity index (χ4n) is 1.40. The summed E-state index contributed by atoms with van der Waals surface area (Å²) in [4.78, 5) is 11.0. The Balaban J connectivity index is 2.83. The number of benzene rings is 1. The molecule has 0 heterocycles. The van der Waals surface area contributed by atoms with E-state index in [9.17, 15) is 13.2 Å². The van der Waals surface area contributed by atoms with Crippen LogP contribution in [0.25, 0.3) is 0 Å². The van der Waals surface area contributed by atoms with Crippen LogP contribution < -0.4 is 11.5 Å². The molecule has 6 nitrogen and oxygen atoms in total. The number of primary amides is 1. The number of likely N-dealkylation sites (N-methyl/N-ethyl adjacent to an activating group) is 1. The molecule has 1 amide bonds. The Labute approximate surface area is 117 Å². The summed E-state index contributed by atoms with van der Waals surface area (Å²) in [5.74, 6) is -0.913. The van der Waals surface area contributed by atoms with Gasteiger partial charge < -0.3 is 11.5 Å². The smallest absolute Gasteiger partial charge is 0.232 e.